The lowest BCUT2D eigenvalue weighted by Gasteiger charge is -2.25. The van der Waals surface area contributed by atoms with Crippen molar-refractivity contribution in [1.29, 1.82) is 0 Å². The van der Waals surface area contributed by atoms with Crippen LogP contribution in [0.25, 0.3) is 0 Å². The summed E-state index contributed by atoms with van der Waals surface area (Å²) in [5.74, 6) is -2.79. The maximum atomic E-state index is 14.7. The number of benzene rings is 2. The van der Waals surface area contributed by atoms with Gasteiger partial charge in [0, 0.05) is 11.1 Å². The number of hydrogen-bond donors (Lipinski definition) is 2. The normalized spacial score (nSPS) is 16.0. The molecule has 0 aliphatic carbocycles. The largest absolute Gasteiger partial charge is 0.480 e. The number of carboxylic acids is 1. The van der Waals surface area contributed by atoms with Gasteiger partial charge in [0.25, 0.3) is 5.91 Å². The number of carbonyl (C=O) groups is 3. The molecule has 1 atom stereocenters. The summed E-state index contributed by atoms with van der Waals surface area (Å²) < 4.78 is 19.9. The highest BCUT2D eigenvalue weighted by Gasteiger charge is 2.36. The van der Waals surface area contributed by atoms with E-state index in [4.69, 9.17) is 16.3 Å². The molecule has 0 saturated carbocycles. The number of benzodiazepines with no additional fused rings is 1. The van der Waals surface area contributed by atoms with Crippen molar-refractivity contribution in [1.82, 2.24) is 5.32 Å². The lowest BCUT2D eigenvalue weighted by Crippen LogP contribution is -2.50. The summed E-state index contributed by atoms with van der Waals surface area (Å²) in [6.45, 7) is 4.17. The number of hydrogen-bond acceptors (Lipinski definition) is 5. The number of amides is 2. The molecule has 1 unspecified atom stereocenters. The molecular formula is C22H21ClFN3O5. The van der Waals surface area contributed by atoms with E-state index in [0.29, 0.717) is 0 Å². The minimum atomic E-state index is -1.58. The number of para-hydroxylation sites is 1. The highest BCUT2D eigenvalue weighted by molar-refractivity contribution is 6.36. The number of aliphatic carboxylic acids is 1. The lowest BCUT2D eigenvalue weighted by molar-refractivity contribution is -0.136. The van der Waals surface area contributed by atoms with Crippen molar-refractivity contribution in [2.45, 2.75) is 32.5 Å². The van der Waals surface area contributed by atoms with Crippen molar-refractivity contribution >= 4 is 41.0 Å². The molecule has 0 bridgehead atoms. The van der Waals surface area contributed by atoms with Gasteiger partial charge in [0.05, 0.1) is 16.4 Å². The average molecular weight is 462 g/mol. The third-order valence-corrected chi connectivity index (χ3v) is 4.65. The highest BCUT2D eigenvalue weighted by Crippen LogP contribution is 2.35. The Labute approximate surface area is 188 Å². The second-order valence-electron chi connectivity index (χ2n) is 7.96. The van der Waals surface area contributed by atoms with Crippen LogP contribution in [0.15, 0.2) is 47.5 Å². The molecule has 0 fully saturated rings. The molecule has 0 saturated heterocycles. The van der Waals surface area contributed by atoms with Gasteiger partial charge in [-0.1, -0.05) is 35.9 Å². The summed E-state index contributed by atoms with van der Waals surface area (Å²) in [5, 5.41) is 11.8. The number of ether oxygens (including phenoxy) is 1. The van der Waals surface area contributed by atoms with Crippen molar-refractivity contribution in [3.63, 3.8) is 0 Å². The van der Waals surface area contributed by atoms with E-state index in [9.17, 15) is 23.9 Å². The molecule has 2 amide bonds. The Balaban J connectivity index is 2.21. The zero-order valence-electron chi connectivity index (χ0n) is 17.6. The van der Waals surface area contributed by atoms with Crippen LogP contribution in [0.3, 0.4) is 0 Å². The molecule has 1 aliphatic rings. The van der Waals surface area contributed by atoms with E-state index in [1.165, 1.54) is 24.3 Å². The fraction of sp³-hybridized carbons (Fsp3) is 0.273. The number of carboxylic acid groups (broad SMARTS) is 1. The summed E-state index contributed by atoms with van der Waals surface area (Å²) in [4.78, 5) is 42.4. The SMILES string of the molecule is CC(C)(C)OC(=O)NC1N=C(c2ccccc2F)c2cccc(Cl)c2N(CC(=O)O)C1=O. The van der Waals surface area contributed by atoms with Crippen molar-refractivity contribution in [2.75, 3.05) is 11.4 Å². The Bertz CT molecular complexity index is 1110. The van der Waals surface area contributed by atoms with E-state index < -0.39 is 42.1 Å². The number of fused-ring (bicyclic) bond motifs is 1. The van der Waals surface area contributed by atoms with Gasteiger partial charge < -0.3 is 9.84 Å². The number of nitrogens with zero attached hydrogens (tertiary/aromatic N) is 2. The van der Waals surface area contributed by atoms with Gasteiger partial charge >= 0.3 is 12.1 Å². The second kappa shape index (κ2) is 8.96. The Morgan fingerprint density at radius 1 is 1.19 bits per heavy atom. The third kappa shape index (κ3) is 5.05. The van der Waals surface area contributed by atoms with E-state index >= 15 is 0 Å². The van der Waals surface area contributed by atoms with Gasteiger partial charge in [-0.2, -0.15) is 0 Å². The van der Waals surface area contributed by atoms with Gasteiger partial charge in [0.1, 0.15) is 18.0 Å². The zero-order valence-corrected chi connectivity index (χ0v) is 18.3. The molecule has 2 aromatic rings. The maximum absolute atomic E-state index is 14.7. The van der Waals surface area contributed by atoms with Crippen LogP contribution in [-0.4, -0.2) is 47.1 Å². The molecule has 3 rings (SSSR count). The summed E-state index contributed by atoms with van der Waals surface area (Å²) in [5.41, 5.74) is -0.481. The number of rotatable bonds is 4. The van der Waals surface area contributed by atoms with E-state index in [0.717, 1.165) is 4.90 Å². The Morgan fingerprint density at radius 3 is 2.47 bits per heavy atom. The number of alkyl carbamates (subject to hydrolysis) is 1. The van der Waals surface area contributed by atoms with Gasteiger partial charge in [0.2, 0.25) is 6.17 Å². The van der Waals surface area contributed by atoms with Gasteiger partial charge in [0.15, 0.2) is 0 Å². The topological polar surface area (TPSA) is 108 Å². The summed E-state index contributed by atoms with van der Waals surface area (Å²) in [6, 6.07) is 10.4. The molecule has 168 valence electrons. The van der Waals surface area contributed by atoms with Gasteiger partial charge in [-0.05, 0) is 39.0 Å². The van der Waals surface area contributed by atoms with Gasteiger partial charge in [-0.15, -0.1) is 0 Å². The molecule has 0 radical (unpaired) electrons. The quantitative estimate of drug-likeness (QED) is 0.723. The fourth-order valence-electron chi connectivity index (χ4n) is 3.17. The van der Waals surface area contributed by atoms with Crippen LogP contribution in [0.4, 0.5) is 14.9 Å². The van der Waals surface area contributed by atoms with Gasteiger partial charge in [-0.3, -0.25) is 19.8 Å². The summed E-state index contributed by atoms with van der Waals surface area (Å²) in [6.07, 6.45) is -2.53. The maximum Gasteiger partial charge on any atom is 0.409 e. The number of anilines is 1. The summed E-state index contributed by atoms with van der Waals surface area (Å²) in [7, 11) is 0. The zero-order chi connectivity index (χ0) is 23.6. The molecule has 0 aromatic heterocycles. The van der Waals surface area contributed by atoms with Crippen LogP contribution in [0, 0.1) is 5.82 Å². The van der Waals surface area contributed by atoms with Crippen molar-refractivity contribution in [2.24, 2.45) is 4.99 Å². The highest BCUT2D eigenvalue weighted by atomic mass is 35.5. The average Bonchev–Trinajstić information content (AvgIpc) is 2.78. The molecule has 8 nitrogen and oxygen atoms in total. The molecule has 1 aliphatic heterocycles. The molecule has 0 spiro atoms. The fourth-order valence-corrected chi connectivity index (χ4v) is 3.44. The van der Waals surface area contributed by atoms with E-state index in [1.807, 2.05) is 0 Å². The van der Waals surface area contributed by atoms with Crippen LogP contribution < -0.4 is 10.2 Å². The monoisotopic (exact) mass is 461 g/mol. The van der Waals surface area contributed by atoms with Crippen LogP contribution in [0.5, 0.6) is 0 Å². The van der Waals surface area contributed by atoms with Gasteiger partial charge in [-0.25, -0.2) is 14.2 Å². The molecule has 32 heavy (non-hydrogen) atoms. The first-order chi connectivity index (χ1) is 15.0. The predicted molar refractivity (Wildman–Crippen MR) is 117 cm³/mol. The van der Waals surface area contributed by atoms with Crippen molar-refractivity contribution < 1.29 is 28.6 Å². The van der Waals surface area contributed by atoms with Crippen molar-refractivity contribution in [3.05, 3.63) is 64.4 Å². The summed E-state index contributed by atoms with van der Waals surface area (Å²) >= 11 is 6.34. The number of halogens is 2. The Morgan fingerprint density at radius 2 is 1.84 bits per heavy atom. The molecule has 10 heteroatoms. The molecule has 1 heterocycles. The minimum Gasteiger partial charge on any atom is -0.480 e. The van der Waals surface area contributed by atoms with E-state index in [1.54, 1.807) is 39.0 Å². The third-order valence-electron chi connectivity index (χ3n) is 4.35. The van der Waals surface area contributed by atoms with Crippen molar-refractivity contribution in [3.8, 4) is 0 Å². The Kier molecular flexibility index (Phi) is 6.50. The standard InChI is InChI=1S/C22H21ClFN3O5/c1-22(2,3)32-21(31)26-19-20(30)27(11-16(28)29)18-13(8-6-9-14(18)23)17(25-19)12-7-4-5-10-15(12)24/h4-10,19H,11H2,1-3H3,(H,26,31)(H,28,29). The first-order valence-corrected chi connectivity index (χ1v) is 10.00. The molecular weight excluding hydrogens is 441 g/mol. The minimum absolute atomic E-state index is 0.0305. The lowest BCUT2D eigenvalue weighted by atomic mass is 9.99. The van der Waals surface area contributed by atoms with Crippen LogP contribution in [0.2, 0.25) is 5.02 Å². The smallest absolute Gasteiger partial charge is 0.409 e. The molecule has 2 N–H and O–H groups in total. The van der Waals surface area contributed by atoms with Crippen LogP contribution in [0.1, 0.15) is 31.9 Å². The van der Waals surface area contributed by atoms with E-state index in [-0.39, 0.29) is 27.5 Å². The first-order valence-electron chi connectivity index (χ1n) is 9.62. The first kappa shape index (κ1) is 23.2. The van der Waals surface area contributed by atoms with E-state index in [2.05, 4.69) is 10.3 Å². The predicted octanol–water partition coefficient (Wildman–Crippen LogP) is 3.60. The number of carbonyl (C=O) groups excluding carboxylic acids is 2. The second-order valence-corrected chi connectivity index (χ2v) is 8.37. The number of nitrogens with one attached hydrogen (secondary N) is 1. The Hall–Kier alpha value is -3.46. The molecule has 2 aromatic carbocycles. The van der Waals surface area contributed by atoms with Crippen LogP contribution in [-0.2, 0) is 14.3 Å². The van der Waals surface area contributed by atoms with Crippen LogP contribution >= 0.6 is 11.6 Å². The number of aliphatic imine (C=N–C) groups is 1.